The van der Waals surface area contributed by atoms with Gasteiger partial charge in [0.2, 0.25) is 15.3 Å². The maximum atomic E-state index is 12.5. The van der Waals surface area contributed by atoms with Gasteiger partial charge < -0.3 is 0 Å². The Balaban J connectivity index is 2.43. The van der Waals surface area contributed by atoms with E-state index in [4.69, 9.17) is 11.6 Å². The van der Waals surface area contributed by atoms with Gasteiger partial charge in [-0.1, -0.05) is 25.1 Å². The minimum absolute atomic E-state index is 0.0889. The van der Waals surface area contributed by atoms with Crippen molar-refractivity contribution in [3.8, 4) is 0 Å². The van der Waals surface area contributed by atoms with Crippen molar-refractivity contribution in [3.05, 3.63) is 47.3 Å². The monoisotopic (exact) mass is 326 g/mol. The predicted molar refractivity (Wildman–Crippen MR) is 79.6 cm³/mol. The zero-order chi connectivity index (χ0) is 15.5. The maximum absolute atomic E-state index is 12.5. The first kappa shape index (κ1) is 15.8. The van der Waals surface area contributed by atoms with E-state index in [1.165, 1.54) is 10.6 Å². The van der Waals surface area contributed by atoms with Crippen molar-refractivity contribution in [3.63, 3.8) is 0 Å². The summed E-state index contributed by atoms with van der Waals surface area (Å²) in [4.78, 5) is 12.0. The normalized spacial score (nSPS) is 11.8. The van der Waals surface area contributed by atoms with Crippen LogP contribution in [-0.2, 0) is 16.4 Å². The summed E-state index contributed by atoms with van der Waals surface area (Å²) in [5, 5.41) is 0.0889. The van der Waals surface area contributed by atoms with Crippen LogP contribution in [0.15, 0.2) is 35.5 Å². The van der Waals surface area contributed by atoms with Gasteiger partial charge in [-0.15, -0.1) is 0 Å². The number of benzene rings is 1. The summed E-state index contributed by atoms with van der Waals surface area (Å²) >= 11 is 5.72. The van der Waals surface area contributed by atoms with Crippen LogP contribution in [0.3, 0.4) is 0 Å². The standard InChI is InChI=1S/C13H15ClN4O2S/c1-3-18(2)21(19,20)11-7-5-4-6-10(11)8-12-15-9-16-13(14)17-12/h4-7,9H,3,8H2,1-2H3. The third kappa shape index (κ3) is 3.55. The summed E-state index contributed by atoms with van der Waals surface area (Å²) in [6.45, 7) is 2.18. The van der Waals surface area contributed by atoms with Gasteiger partial charge in [0, 0.05) is 20.0 Å². The van der Waals surface area contributed by atoms with E-state index in [2.05, 4.69) is 15.0 Å². The van der Waals surface area contributed by atoms with Gasteiger partial charge in [0.25, 0.3) is 0 Å². The molecular formula is C13H15ClN4O2S. The van der Waals surface area contributed by atoms with Crippen LogP contribution in [-0.4, -0.2) is 41.3 Å². The molecule has 0 saturated carbocycles. The van der Waals surface area contributed by atoms with E-state index in [0.717, 1.165) is 0 Å². The van der Waals surface area contributed by atoms with E-state index in [-0.39, 0.29) is 16.6 Å². The van der Waals surface area contributed by atoms with Gasteiger partial charge >= 0.3 is 0 Å². The number of halogens is 1. The highest BCUT2D eigenvalue weighted by Crippen LogP contribution is 2.21. The molecule has 21 heavy (non-hydrogen) atoms. The molecule has 0 atom stereocenters. The van der Waals surface area contributed by atoms with E-state index < -0.39 is 10.0 Å². The minimum atomic E-state index is -3.52. The zero-order valence-electron chi connectivity index (χ0n) is 11.7. The van der Waals surface area contributed by atoms with Crippen LogP contribution in [0.1, 0.15) is 18.3 Å². The number of sulfonamides is 1. The van der Waals surface area contributed by atoms with E-state index in [0.29, 0.717) is 17.9 Å². The minimum Gasteiger partial charge on any atom is -0.221 e. The number of hydrogen-bond donors (Lipinski definition) is 0. The second-order valence-electron chi connectivity index (χ2n) is 4.37. The van der Waals surface area contributed by atoms with Crippen LogP contribution in [0.25, 0.3) is 0 Å². The molecule has 0 aliphatic carbocycles. The van der Waals surface area contributed by atoms with Crippen molar-refractivity contribution < 1.29 is 8.42 Å². The lowest BCUT2D eigenvalue weighted by atomic mass is 10.1. The molecule has 0 aliphatic heterocycles. The number of rotatable bonds is 5. The highest BCUT2D eigenvalue weighted by Gasteiger charge is 2.22. The Bertz CT molecular complexity index is 736. The van der Waals surface area contributed by atoms with Gasteiger partial charge in [-0.25, -0.2) is 27.7 Å². The summed E-state index contributed by atoms with van der Waals surface area (Å²) in [6, 6.07) is 6.80. The molecule has 1 aromatic carbocycles. The fourth-order valence-corrected chi connectivity index (χ4v) is 3.34. The summed E-state index contributed by atoms with van der Waals surface area (Å²) in [5.74, 6) is 0.428. The van der Waals surface area contributed by atoms with Crippen LogP contribution in [0.2, 0.25) is 5.28 Å². The number of aromatic nitrogens is 3. The lowest BCUT2D eigenvalue weighted by Gasteiger charge is -2.17. The average molecular weight is 327 g/mol. The van der Waals surface area contributed by atoms with Crippen molar-refractivity contribution in [2.75, 3.05) is 13.6 Å². The molecule has 2 aromatic rings. The Hall–Kier alpha value is -1.57. The molecule has 6 nitrogen and oxygen atoms in total. The first-order valence-corrected chi connectivity index (χ1v) is 8.14. The SMILES string of the molecule is CCN(C)S(=O)(=O)c1ccccc1Cc1ncnc(Cl)n1. The molecule has 0 amide bonds. The Morgan fingerprint density at radius 3 is 2.62 bits per heavy atom. The van der Waals surface area contributed by atoms with Crippen molar-refractivity contribution in [1.29, 1.82) is 0 Å². The predicted octanol–water partition coefficient (Wildman–Crippen LogP) is 1.76. The van der Waals surface area contributed by atoms with Crippen LogP contribution in [0.5, 0.6) is 0 Å². The molecule has 112 valence electrons. The summed E-state index contributed by atoms with van der Waals surface area (Å²) in [7, 11) is -1.97. The van der Waals surface area contributed by atoms with Crippen molar-refractivity contribution in [1.82, 2.24) is 19.3 Å². The number of nitrogens with zero attached hydrogens (tertiary/aromatic N) is 4. The second kappa shape index (κ2) is 6.46. The third-order valence-corrected chi connectivity index (χ3v) is 5.26. The molecule has 1 heterocycles. The fraction of sp³-hybridized carbons (Fsp3) is 0.308. The lowest BCUT2D eigenvalue weighted by molar-refractivity contribution is 0.485. The van der Waals surface area contributed by atoms with Crippen LogP contribution >= 0.6 is 11.6 Å². The summed E-state index contributed by atoms with van der Waals surface area (Å²) < 4.78 is 26.3. The maximum Gasteiger partial charge on any atom is 0.243 e. The number of hydrogen-bond acceptors (Lipinski definition) is 5. The molecular weight excluding hydrogens is 312 g/mol. The highest BCUT2D eigenvalue weighted by atomic mass is 35.5. The largest absolute Gasteiger partial charge is 0.243 e. The van der Waals surface area contributed by atoms with E-state index in [9.17, 15) is 8.42 Å². The van der Waals surface area contributed by atoms with Gasteiger partial charge in [-0.3, -0.25) is 0 Å². The third-order valence-electron chi connectivity index (χ3n) is 3.05. The van der Waals surface area contributed by atoms with Gasteiger partial charge in [0.05, 0.1) is 4.90 Å². The fourth-order valence-electron chi connectivity index (χ4n) is 1.80. The van der Waals surface area contributed by atoms with E-state index >= 15 is 0 Å². The summed E-state index contributed by atoms with van der Waals surface area (Å²) in [6.07, 6.45) is 1.58. The van der Waals surface area contributed by atoms with Gasteiger partial charge in [-0.05, 0) is 23.2 Å². The van der Waals surface area contributed by atoms with Crippen molar-refractivity contribution in [2.45, 2.75) is 18.2 Å². The first-order chi connectivity index (χ1) is 9.95. The second-order valence-corrected chi connectivity index (χ2v) is 6.73. The quantitative estimate of drug-likeness (QED) is 0.836. The Morgan fingerprint density at radius 2 is 1.95 bits per heavy atom. The zero-order valence-corrected chi connectivity index (χ0v) is 13.3. The Morgan fingerprint density at radius 1 is 1.24 bits per heavy atom. The highest BCUT2D eigenvalue weighted by molar-refractivity contribution is 7.89. The topological polar surface area (TPSA) is 76.1 Å². The smallest absolute Gasteiger partial charge is 0.221 e. The molecule has 0 radical (unpaired) electrons. The van der Waals surface area contributed by atoms with Crippen LogP contribution < -0.4 is 0 Å². The molecule has 8 heteroatoms. The van der Waals surface area contributed by atoms with Crippen LogP contribution in [0, 0.1) is 0 Å². The lowest BCUT2D eigenvalue weighted by Crippen LogP contribution is -2.27. The van der Waals surface area contributed by atoms with Gasteiger partial charge in [0.1, 0.15) is 12.2 Å². The van der Waals surface area contributed by atoms with Gasteiger partial charge in [0.15, 0.2) is 0 Å². The van der Waals surface area contributed by atoms with Gasteiger partial charge in [-0.2, -0.15) is 0 Å². The average Bonchev–Trinajstić information content (AvgIpc) is 2.46. The van der Waals surface area contributed by atoms with Crippen molar-refractivity contribution in [2.24, 2.45) is 0 Å². The van der Waals surface area contributed by atoms with Crippen LogP contribution in [0.4, 0.5) is 0 Å². The molecule has 0 fully saturated rings. The molecule has 0 N–H and O–H groups in total. The Labute approximate surface area is 128 Å². The molecule has 1 aromatic heterocycles. The molecule has 0 bridgehead atoms. The molecule has 0 aliphatic rings. The molecule has 2 rings (SSSR count). The van der Waals surface area contributed by atoms with E-state index in [1.807, 2.05) is 0 Å². The van der Waals surface area contributed by atoms with Crippen molar-refractivity contribution >= 4 is 21.6 Å². The molecule has 0 saturated heterocycles. The Kier molecular flexibility index (Phi) is 4.87. The molecule has 0 spiro atoms. The first-order valence-electron chi connectivity index (χ1n) is 6.32. The summed E-state index contributed by atoms with van der Waals surface area (Å²) in [5.41, 5.74) is 0.625. The molecule has 0 unspecified atom stereocenters. The van der Waals surface area contributed by atoms with E-state index in [1.54, 1.807) is 38.2 Å².